The van der Waals surface area contributed by atoms with E-state index in [0.717, 1.165) is 9.13 Å². The van der Waals surface area contributed by atoms with E-state index in [4.69, 9.17) is 4.74 Å². The molecule has 0 unspecified atom stereocenters. The fourth-order valence-corrected chi connectivity index (χ4v) is 2.67. The Morgan fingerprint density at radius 1 is 1.25 bits per heavy atom. The first-order valence-corrected chi connectivity index (χ1v) is 8.20. The molecular weight excluding hydrogens is 417 g/mol. The van der Waals surface area contributed by atoms with Gasteiger partial charge in [0.25, 0.3) is 5.91 Å². The maximum absolute atomic E-state index is 12.3. The molecule has 24 heavy (non-hydrogen) atoms. The molecule has 0 heterocycles. The summed E-state index contributed by atoms with van der Waals surface area (Å²) in [4.78, 5) is 12.3. The highest BCUT2D eigenvalue weighted by atomic mass is 127. The molecule has 0 aliphatic carbocycles. The number of carbonyl (C=O) groups is 1. The number of rotatable bonds is 5. The molecule has 0 spiro atoms. The molecule has 0 saturated carbocycles. The van der Waals surface area contributed by atoms with Crippen LogP contribution in [0.1, 0.15) is 5.56 Å². The predicted molar refractivity (Wildman–Crippen MR) is 103 cm³/mol. The smallest absolute Gasteiger partial charge is 0.267 e. The second kappa shape index (κ2) is 8.36. The van der Waals surface area contributed by atoms with Gasteiger partial charge in [-0.3, -0.25) is 4.79 Å². The molecule has 0 aliphatic heterocycles. The Kier molecular flexibility index (Phi) is 6.21. The Balaban J connectivity index is 2.15. The predicted octanol–water partition coefficient (Wildman–Crippen LogP) is 4.07. The average molecular weight is 433 g/mol. The number of aryl methyl sites for hydroxylation is 1. The molecule has 0 radical (unpaired) electrons. The highest BCUT2D eigenvalue weighted by molar-refractivity contribution is 14.1. The number of anilines is 2. The van der Waals surface area contributed by atoms with Gasteiger partial charge in [0.05, 0.1) is 12.8 Å². The number of methoxy groups -OCH3 is 1. The van der Waals surface area contributed by atoms with Gasteiger partial charge in [-0.2, -0.15) is 5.26 Å². The lowest BCUT2D eigenvalue weighted by atomic mass is 10.2. The maximum atomic E-state index is 12.3. The van der Waals surface area contributed by atoms with Crippen molar-refractivity contribution in [3.63, 3.8) is 0 Å². The summed E-state index contributed by atoms with van der Waals surface area (Å²) < 4.78 is 6.30. The van der Waals surface area contributed by atoms with Crippen molar-refractivity contribution >= 4 is 39.9 Å². The molecule has 0 bridgehead atoms. The summed E-state index contributed by atoms with van der Waals surface area (Å²) in [7, 11) is 1.56. The number of hydrogen-bond acceptors (Lipinski definition) is 4. The lowest BCUT2D eigenvalue weighted by Gasteiger charge is -2.10. The van der Waals surface area contributed by atoms with Crippen molar-refractivity contribution in [2.75, 3.05) is 17.7 Å². The van der Waals surface area contributed by atoms with Crippen LogP contribution < -0.4 is 15.4 Å². The molecule has 2 aromatic rings. The lowest BCUT2D eigenvalue weighted by Crippen LogP contribution is -2.15. The largest absolute Gasteiger partial charge is 0.495 e. The van der Waals surface area contributed by atoms with Crippen molar-refractivity contribution in [2.24, 2.45) is 0 Å². The zero-order valence-electron chi connectivity index (χ0n) is 13.3. The van der Waals surface area contributed by atoms with Crippen molar-refractivity contribution in [3.05, 3.63) is 63.4 Å². The van der Waals surface area contributed by atoms with Crippen LogP contribution >= 0.6 is 22.6 Å². The maximum Gasteiger partial charge on any atom is 0.267 e. The summed E-state index contributed by atoms with van der Waals surface area (Å²) in [6.07, 6.45) is 1.37. The van der Waals surface area contributed by atoms with E-state index in [-0.39, 0.29) is 5.57 Å². The minimum atomic E-state index is -0.468. The van der Waals surface area contributed by atoms with E-state index < -0.39 is 5.91 Å². The Morgan fingerprint density at radius 3 is 2.67 bits per heavy atom. The molecule has 2 aromatic carbocycles. The van der Waals surface area contributed by atoms with Gasteiger partial charge < -0.3 is 15.4 Å². The Morgan fingerprint density at radius 2 is 2.00 bits per heavy atom. The monoisotopic (exact) mass is 433 g/mol. The zero-order chi connectivity index (χ0) is 17.5. The average Bonchev–Trinajstić information content (AvgIpc) is 2.58. The van der Waals surface area contributed by atoms with Crippen molar-refractivity contribution in [2.45, 2.75) is 6.92 Å². The van der Waals surface area contributed by atoms with Crippen LogP contribution in [0.25, 0.3) is 0 Å². The second-order valence-electron chi connectivity index (χ2n) is 4.93. The number of halogens is 1. The van der Waals surface area contributed by atoms with Gasteiger partial charge in [-0.1, -0.05) is 12.1 Å². The lowest BCUT2D eigenvalue weighted by molar-refractivity contribution is -0.112. The van der Waals surface area contributed by atoms with Crippen LogP contribution in [0.15, 0.2) is 54.2 Å². The third-order valence-electron chi connectivity index (χ3n) is 3.28. The van der Waals surface area contributed by atoms with Gasteiger partial charge in [0.1, 0.15) is 17.4 Å². The van der Waals surface area contributed by atoms with E-state index in [1.807, 2.05) is 43.3 Å². The number of nitriles is 1. The van der Waals surface area contributed by atoms with Crippen molar-refractivity contribution in [1.82, 2.24) is 0 Å². The molecule has 6 heteroatoms. The molecule has 2 N–H and O–H groups in total. The first-order valence-electron chi connectivity index (χ1n) is 7.12. The zero-order valence-corrected chi connectivity index (χ0v) is 15.4. The number of ether oxygens (including phenoxy) is 1. The molecule has 5 nitrogen and oxygen atoms in total. The normalized spacial score (nSPS) is 10.7. The van der Waals surface area contributed by atoms with E-state index in [1.54, 1.807) is 19.2 Å². The fraction of sp³-hybridized carbons (Fsp3) is 0.111. The van der Waals surface area contributed by atoms with E-state index in [2.05, 4.69) is 33.2 Å². The van der Waals surface area contributed by atoms with E-state index in [0.29, 0.717) is 17.1 Å². The molecule has 2 rings (SSSR count). The van der Waals surface area contributed by atoms with Gasteiger partial charge in [0, 0.05) is 15.5 Å². The van der Waals surface area contributed by atoms with Crippen LogP contribution in [-0.4, -0.2) is 13.0 Å². The Labute approximate surface area is 154 Å². The van der Waals surface area contributed by atoms with Gasteiger partial charge in [0.2, 0.25) is 0 Å². The fourth-order valence-electron chi connectivity index (χ4n) is 2.02. The number of hydrogen-bond donors (Lipinski definition) is 2. The van der Waals surface area contributed by atoms with Crippen LogP contribution in [0, 0.1) is 21.8 Å². The summed E-state index contributed by atoms with van der Waals surface area (Å²) in [5.41, 5.74) is 2.26. The molecule has 0 fully saturated rings. The summed E-state index contributed by atoms with van der Waals surface area (Å²) in [6.45, 7) is 1.90. The summed E-state index contributed by atoms with van der Waals surface area (Å²) in [6, 6.07) is 14.8. The molecule has 122 valence electrons. The standard InChI is InChI=1S/C18H16IN3O2/c1-12-9-14(19)7-8-15(12)22-18(23)13(10-20)11-21-16-5-3-4-6-17(16)24-2/h3-9,11,21H,1-2H3,(H,22,23)/b13-11-. The van der Waals surface area contributed by atoms with Gasteiger partial charge >= 0.3 is 0 Å². The van der Waals surface area contributed by atoms with Crippen molar-refractivity contribution in [1.29, 1.82) is 5.26 Å². The van der Waals surface area contributed by atoms with Gasteiger partial charge in [-0.05, 0) is 65.4 Å². The second-order valence-corrected chi connectivity index (χ2v) is 6.17. The Bertz CT molecular complexity index is 825. The SMILES string of the molecule is COc1ccccc1N/C=C(/C#N)C(=O)Nc1ccc(I)cc1C. The molecule has 0 aliphatic rings. The molecule has 0 atom stereocenters. The van der Waals surface area contributed by atoms with Crippen LogP contribution in [0.3, 0.4) is 0 Å². The first kappa shape index (κ1) is 17.8. The van der Waals surface area contributed by atoms with Gasteiger partial charge in [-0.15, -0.1) is 0 Å². The number of benzene rings is 2. The number of amides is 1. The summed E-state index contributed by atoms with van der Waals surface area (Å²) in [5.74, 6) is 0.157. The number of nitrogens with zero attached hydrogens (tertiary/aromatic N) is 1. The third kappa shape index (κ3) is 4.49. The minimum absolute atomic E-state index is 0.0288. The highest BCUT2D eigenvalue weighted by Gasteiger charge is 2.11. The minimum Gasteiger partial charge on any atom is -0.495 e. The molecule has 0 saturated heterocycles. The van der Waals surface area contributed by atoms with E-state index in [9.17, 15) is 10.1 Å². The summed E-state index contributed by atoms with van der Waals surface area (Å²) in [5, 5.41) is 14.9. The molecule has 0 aromatic heterocycles. The highest BCUT2D eigenvalue weighted by Crippen LogP contribution is 2.23. The topological polar surface area (TPSA) is 74.1 Å². The van der Waals surface area contributed by atoms with Crippen LogP contribution in [-0.2, 0) is 4.79 Å². The van der Waals surface area contributed by atoms with Gasteiger partial charge in [-0.25, -0.2) is 0 Å². The number of nitrogens with one attached hydrogen (secondary N) is 2. The number of para-hydroxylation sites is 2. The molecular formula is C18H16IN3O2. The quantitative estimate of drug-likeness (QED) is 0.424. The van der Waals surface area contributed by atoms with Gasteiger partial charge in [0.15, 0.2) is 0 Å². The van der Waals surface area contributed by atoms with E-state index in [1.165, 1.54) is 6.20 Å². The summed E-state index contributed by atoms with van der Waals surface area (Å²) >= 11 is 2.20. The van der Waals surface area contributed by atoms with Crippen LogP contribution in [0.5, 0.6) is 5.75 Å². The molecule has 1 amide bonds. The van der Waals surface area contributed by atoms with Crippen LogP contribution in [0.4, 0.5) is 11.4 Å². The third-order valence-corrected chi connectivity index (χ3v) is 3.95. The van der Waals surface area contributed by atoms with E-state index >= 15 is 0 Å². The van der Waals surface area contributed by atoms with Crippen molar-refractivity contribution in [3.8, 4) is 11.8 Å². The van der Waals surface area contributed by atoms with Crippen molar-refractivity contribution < 1.29 is 9.53 Å². The number of carbonyl (C=O) groups excluding carboxylic acids is 1. The Hall–Kier alpha value is -2.53. The van der Waals surface area contributed by atoms with Crippen LogP contribution in [0.2, 0.25) is 0 Å². The first-order chi connectivity index (χ1) is 11.5.